The molecule has 2 amide bonds. The Kier molecular flexibility index (Phi) is 14.4. The molecule has 312 valence electrons. The zero-order valence-corrected chi connectivity index (χ0v) is 31.7. The largest absolute Gasteiger partial charge is 0.534 e. The molecule has 12 nitrogen and oxygen atoms in total. The number of phenols is 1. The van der Waals surface area contributed by atoms with E-state index >= 15 is 0 Å². The van der Waals surface area contributed by atoms with Crippen molar-refractivity contribution < 1.29 is 71.0 Å². The summed E-state index contributed by atoms with van der Waals surface area (Å²) in [5.41, 5.74) is 2.67. The van der Waals surface area contributed by atoms with E-state index in [0.717, 1.165) is 35.9 Å². The normalized spacial score (nSPS) is 12.0. The zero-order chi connectivity index (χ0) is 43.6. The molecule has 0 saturated heterocycles. The van der Waals surface area contributed by atoms with Gasteiger partial charge in [-0.15, -0.1) is 0 Å². The maximum atomic E-state index is 12.7. The number of carbonyl (C=O) groups excluding carboxylic acids is 2. The van der Waals surface area contributed by atoms with E-state index in [1.165, 1.54) is 30.3 Å². The topological polar surface area (TPSA) is 202 Å². The van der Waals surface area contributed by atoms with Crippen LogP contribution in [0.5, 0.6) is 23.0 Å². The van der Waals surface area contributed by atoms with E-state index in [9.17, 15) is 57.9 Å². The van der Waals surface area contributed by atoms with Crippen LogP contribution in [0, 0.1) is 0 Å². The molecule has 0 bridgehead atoms. The lowest BCUT2D eigenvalue weighted by Gasteiger charge is -2.14. The molecular weight excluding hydrogens is 835 g/mol. The van der Waals surface area contributed by atoms with Crippen LogP contribution >= 0.6 is 0 Å². The Bertz CT molecular complexity index is 2550. The van der Waals surface area contributed by atoms with Gasteiger partial charge in [-0.1, -0.05) is 66.7 Å². The Morgan fingerprint density at radius 2 is 1.20 bits per heavy atom. The van der Waals surface area contributed by atoms with E-state index in [0.29, 0.717) is 40.2 Å². The first-order valence-electron chi connectivity index (χ1n) is 16.7. The van der Waals surface area contributed by atoms with Crippen LogP contribution in [-0.2, 0) is 42.9 Å². The van der Waals surface area contributed by atoms with Crippen molar-refractivity contribution in [3.8, 4) is 45.3 Å². The van der Waals surface area contributed by atoms with Crippen molar-refractivity contribution in [2.24, 2.45) is 11.5 Å². The first-order valence-corrected chi connectivity index (χ1v) is 19.5. The molecule has 0 radical (unpaired) electrons. The molecule has 0 atom stereocenters. The van der Waals surface area contributed by atoms with Gasteiger partial charge >= 0.3 is 31.3 Å². The lowest BCUT2D eigenvalue weighted by molar-refractivity contribution is -0.118. The van der Waals surface area contributed by atoms with Crippen molar-refractivity contribution in [2.75, 3.05) is 0 Å². The van der Waals surface area contributed by atoms with Crippen molar-refractivity contribution in [1.82, 2.24) is 0 Å². The van der Waals surface area contributed by atoms with Crippen molar-refractivity contribution in [1.29, 1.82) is 0 Å². The number of amides is 2. The molecule has 0 fully saturated rings. The van der Waals surface area contributed by atoms with Crippen molar-refractivity contribution in [2.45, 2.75) is 30.5 Å². The molecule has 0 aliphatic rings. The van der Waals surface area contributed by atoms with E-state index in [2.05, 4.69) is 8.37 Å². The van der Waals surface area contributed by atoms with Crippen molar-refractivity contribution in [3.63, 3.8) is 0 Å². The van der Waals surface area contributed by atoms with Crippen LogP contribution in [0.15, 0.2) is 121 Å². The number of benzene rings is 5. The molecule has 0 unspecified atom stereocenters. The number of aromatic hydroxyl groups is 1. The predicted octanol–water partition coefficient (Wildman–Crippen LogP) is 7.37. The molecule has 0 aromatic heterocycles. The molecule has 5 aromatic carbocycles. The minimum absolute atomic E-state index is 0.0386. The first kappa shape index (κ1) is 45.2. The lowest BCUT2D eigenvalue weighted by Crippen LogP contribution is -2.28. The molecule has 0 aliphatic carbocycles. The van der Waals surface area contributed by atoms with Gasteiger partial charge in [0.15, 0.2) is 0 Å². The van der Waals surface area contributed by atoms with Gasteiger partial charge < -0.3 is 29.7 Å². The van der Waals surface area contributed by atoms with Crippen LogP contribution in [0.4, 0.5) is 26.3 Å². The third-order valence-corrected chi connectivity index (χ3v) is 9.65. The molecule has 20 heteroatoms. The predicted molar refractivity (Wildman–Crippen MR) is 203 cm³/mol. The van der Waals surface area contributed by atoms with Crippen LogP contribution < -0.4 is 24.6 Å². The maximum absolute atomic E-state index is 12.7. The Hall–Kier alpha value is -6.54. The van der Waals surface area contributed by atoms with E-state index in [4.69, 9.17) is 16.2 Å². The Morgan fingerprint density at radius 1 is 0.644 bits per heavy atom. The highest BCUT2D eigenvalue weighted by molar-refractivity contribution is 7.88. The van der Waals surface area contributed by atoms with Crippen LogP contribution in [0.25, 0.3) is 28.3 Å². The summed E-state index contributed by atoms with van der Waals surface area (Å²) in [5, 5.41) is 9.58. The van der Waals surface area contributed by atoms with Gasteiger partial charge in [0.2, 0.25) is 11.8 Å². The highest BCUT2D eigenvalue weighted by Crippen LogP contribution is 2.35. The number of aryl methyl sites for hydroxylation is 1. The fraction of sp³-hybridized carbons (Fsp3) is 0.128. The second kappa shape index (κ2) is 18.8. The Balaban J connectivity index is 0.000000268. The minimum Gasteiger partial charge on any atom is -0.508 e. The number of carbonyl (C=O) groups is 2. The number of hydrogen-bond donors (Lipinski definition) is 3. The fourth-order valence-corrected chi connectivity index (χ4v) is 5.95. The number of alkyl halides is 6. The van der Waals surface area contributed by atoms with Crippen LogP contribution in [0.3, 0.4) is 0 Å². The first-order chi connectivity index (χ1) is 27.5. The second-order valence-electron chi connectivity index (χ2n) is 12.1. The summed E-state index contributed by atoms with van der Waals surface area (Å²) in [6.45, 7) is 0.320. The molecule has 0 saturated carbocycles. The Labute approximate surface area is 333 Å². The van der Waals surface area contributed by atoms with Crippen LogP contribution in [0.1, 0.15) is 23.1 Å². The summed E-state index contributed by atoms with van der Waals surface area (Å²) < 4.78 is 134. The van der Waals surface area contributed by atoms with E-state index in [-0.39, 0.29) is 24.2 Å². The SMILES string of the molecule is NC(=O)/C=C/c1cc(OS(=O)(=O)C(F)(F)F)ccc1-c1cccc(OCc2ccccc2)c1.NC(=O)CCc1cc(OS(=O)(=O)C(F)(F)F)ccc1-c1cccc(O)c1. The molecule has 59 heavy (non-hydrogen) atoms. The monoisotopic (exact) mass is 866 g/mol. The highest BCUT2D eigenvalue weighted by Gasteiger charge is 2.49. The summed E-state index contributed by atoms with van der Waals surface area (Å²) in [7, 11) is -11.7. The molecule has 5 aromatic rings. The summed E-state index contributed by atoms with van der Waals surface area (Å²) in [5.74, 6) is -2.07. The number of ether oxygens (including phenoxy) is 1. The number of nitrogens with two attached hydrogens (primary N) is 2. The van der Waals surface area contributed by atoms with Gasteiger partial charge in [0.05, 0.1) is 0 Å². The van der Waals surface area contributed by atoms with E-state index in [1.807, 2.05) is 30.3 Å². The number of rotatable bonds is 14. The van der Waals surface area contributed by atoms with Gasteiger partial charge in [-0.05, 0) is 100.0 Å². The molecular formula is C39H32F6N2O10S2. The maximum Gasteiger partial charge on any atom is 0.534 e. The van der Waals surface area contributed by atoms with Gasteiger partial charge in [-0.2, -0.15) is 43.2 Å². The smallest absolute Gasteiger partial charge is 0.508 e. The van der Waals surface area contributed by atoms with Gasteiger partial charge in [0.25, 0.3) is 0 Å². The molecule has 0 spiro atoms. The van der Waals surface area contributed by atoms with Gasteiger partial charge in [-0.25, -0.2) is 0 Å². The lowest BCUT2D eigenvalue weighted by atomic mass is 9.96. The summed E-state index contributed by atoms with van der Waals surface area (Å²) in [4.78, 5) is 22.2. The molecule has 5 rings (SSSR count). The van der Waals surface area contributed by atoms with Gasteiger partial charge in [0, 0.05) is 12.5 Å². The standard InChI is InChI=1S/C23H18F3NO5S.C16H14F3NO5S/c24-23(25,26)33(29,30)32-20-10-11-21(18(14-20)9-12-22(27)28)17-7-4-8-19(13-17)31-15-16-5-2-1-3-6-16;17-16(18,19)26(23,24)25-13-5-6-14(10-2-1-3-12(21)8-10)11(9-13)4-7-15(20)22/h1-14H,15H2,(H2,27,28);1-3,5-6,8-9,21H,4,7H2,(H2,20,22)/b12-9+;. The second-order valence-corrected chi connectivity index (χ2v) is 15.2. The average molecular weight is 867 g/mol. The average Bonchev–Trinajstić information content (AvgIpc) is 3.15. The van der Waals surface area contributed by atoms with Crippen molar-refractivity contribution in [3.05, 3.63) is 138 Å². The van der Waals surface area contributed by atoms with Gasteiger partial charge in [-0.3, -0.25) is 9.59 Å². The quantitative estimate of drug-likeness (QED) is 0.0438. The minimum atomic E-state index is -5.85. The van der Waals surface area contributed by atoms with E-state index in [1.54, 1.807) is 36.4 Å². The third kappa shape index (κ3) is 13.0. The number of halogens is 6. The number of phenolic OH excluding ortho intramolecular Hbond substituents is 1. The van der Waals surface area contributed by atoms with Crippen LogP contribution in [-0.4, -0.2) is 44.8 Å². The molecule has 0 aliphatic heterocycles. The number of primary amides is 2. The third-order valence-electron chi connectivity index (χ3n) is 7.70. The zero-order valence-electron chi connectivity index (χ0n) is 30.1. The highest BCUT2D eigenvalue weighted by atomic mass is 32.2. The summed E-state index contributed by atoms with van der Waals surface area (Å²) >= 11 is 0. The molecule has 0 heterocycles. The van der Waals surface area contributed by atoms with Crippen LogP contribution in [0.2, 0.25) is 0 Å². The summed E-state index contributed by atoms with van der Waals surface area (Å²) in [6, 6.07) is 29.4. The fourth-order valence-electron chi connectivity index (χ4n) is 5.05. The van der Waals surface area contributed by atoms with Gasteiger partial charge in [0.1, 0.15) is 29.6 Å². The number of hydrogen-bond acceptors (Lipinski definition) is 10. The summed E-state index contributed by atoms with van der Waals surface area (Å²) in [6.07, 6.45) is 2.18. The molecule has 5 N–H and O–H groups in total. The van der Waals surface area contributed by atoms with Crippen molar-refractivity contribution >= 4 is 38.1 Å². The Morgan fingerprint density at radius 3 is 1.76 bits per heavy atom. The van der Waals surface area contributed by atoms with E-state index < -0.39 is 54.6 Å².